The Morgan fingerprint density at radius 1 is 1.13 bits per heavy atom. The molecule has 2 heterocycles. The van der Waals surface area contributed by atoms with Gasteiger partial charge in [-0.2, -0.15) is 0 Å². The zero-order valence-corrected chi connectivity index (χ0v) is 13.8. The molecule has 0 aromatic heterocycles. The van der Waals surface area contributed by atoms with Gasteiger partial charge in [0.25, 0.3) is 0 Å². The van der Waals surface area contributed by atoms with Crippen molar-refractivity contribution in [1.29, 1.82) is 0 Å². The Bertz CT molecular complexity index is 781. The first-order chi connectivity index (χ1) is 11.2. The molecule has 1 N–H and O–H groups in total. The molecule has 0 fully saturated rings. The second kappa shape index (κ2) is 5.78. The number of hydrogen-bond acceptors (Lipinski definition) is 4. The van der Waals surface area contributed by atoms with Gasteiger partial charge >= 0.3 is 0 Å². The number of phenolic OH excluding ortho intramolecular Hbond substituents is 1. The zero-order valence-electron chi connectivity index (χ0n) is 12.9. The Labute approximate surface area is 140 Å². The highest BCUT2D eigenvalue weighted by Crippen LogP contribution is 2.43. The second-order valence-electron chi connectivity index (χ2n) is 5.89. The number of nitrogens with zero attached hydrogens (tertiary/aromatic N) is 2. The standard InChI is InChI=1S/C19H18N2OS/c1-13-18(15-5-3-2-4-6-15)21-16(12-20-19(21)23-13)11-14-7-9-17(22)10-8-14/h2-10,16,22H,11-12H2,1H3/t16-/m1/s1. The van der Waals surface area contributed by atoms with Crippen LogP contribution in [0.1, 0.15) is 18.1 Å². The van der Waals surface area contributed by atoms with E-state index in [1.54, 1.807) is 23.9 Å². The fraction of sp³-hybridized carbons (Fsp3) is 0.211. The molecular formula is C19H18N2OS. The number of fused-ring (bicyclic) bond motifs is 1. The lowest BCUT2D eigenvalue weighted by Crippen LogP contribution is -2.33. The molecule has 0 unspecified atom stereocenters. The zero-order chi connectivity index (χ0) is 15.8. The van der Waals surface area contributed by atoms with Crippen LogP contribution in [0.2, 0.25) is 0 Å². The molecule has 0 bridgehead atoms. The highest BCUT2D eigenvalue weighted by Gasteiger charge is 2.37. The van der Waals surface area contributed by atoms with E-state index >= 15 is 0 Å². The third kappa shape index (κ3) is 2.63. The van der Waals surface area contributed by atoms with Gasteiger partial charge < -0.3 is 10.0 Å². The molecule has 0 saturated carbocycles. The molecule has 4 heteroatoms. The van der Waals surface area contributed by atoms with Gasteiger partial charge in [-0.1, -0.05) is 54.2 Å². The number of allylic oxidation sites excluding steroid dienone is 1. The Kier molecular flexibility index (Phi) is 3.62. The largest absolute Gasteiger partial charge is 0.508 e. The lowest BCUT2D eigenvalue weighted by atomic mass is 10.0. The molecule has 4 rings (SSSR count). The summed E-state index contributed by atoms with van der Waals surface area (Å²) in [5.41, 5.74) is 3.77. The van der Waals surface area contributed by atoms with E-state index in [1.165, 1.54) is 21.7 Å². The first kappa shape index (κ1) is 14.4. The van der Waals surface area contributed by atoms with Crippen molar-refractivity contribution in [3.8, 4) is 5.75 Å². The maximum atomic E-state index is 9.45. The number of thioether (sulfide) groups is 1. The summed E-state index contributed by atoms with van der Waals surface area (Å²) in [7, 11) is 0. The minimum absolute atomic E-state index is 0.314. The Morgan fingerprint density at radius 3 is 2.61 bits per heavy atom. The van der Waals surface area contributed by atoms with Crippen LogP contribution in [0.5, 0.6) is 5.75 Å². The summed E-state index contributed by atoms with van der Waals surface area (Å²) in [6.07, 6.45) is 0.928. The minimum atomic E-state index is 0.314. The number of aliphatic imine (C=N–C) groups is 1. The van der Waals surface area contributed by atoms with Gasteiger partial charge in [0.1, 0.15) is 5.75 Å². The van der Waals surface area contributed by atoms with E-state index in [0.717, 1.165) is 18.1 Å². The molecule has 0 radical (unpaired) electrons. The fourth-order valence-corrected chi connectivity index (χ4v) is 4.27. The Balaban J connectivity index is 1.63. The smallest absolute Gasteiger partial charge is 0.168 e. The predicted octanol–water partition coefficient (Wildman–Crippen LogP) is 4.11. The van der Waals surface area contributed by atoms with Crippen molar-refractivity contribution in [3.05, 3.63) is 70.6 Å². The lowest BCUT2D eigenvalue weighted by molar-refractivity contribution is 0.459. The van der Waals surface area contributed by atoms with E-state index < -0.39 is 0 Å². The molecule has 0 aliphatic carbocycles. The van der Waals surface area contributed by atoms with Gasteiger partial charge in [-0.25, -0.2) is 0 Å². The van der Waals surface area contributed by atoms with Crippen LogP contribution in [-0.2, 0) is 6.42 Å². The van der Waals surface area contributed by atoms with Crippen LogP contribution in [0, 0.1) is 0 Å². The molecule has 0 spiro atoms. The molecule has 23 heavy (non-hydrogen) atoms. The van der Waals surface area contributed by atoms with Crippen molar-refractivity contribution in [2.75, 3.05) is 6.54 Å². The summed E-state index contributed by atoms with van der Waals surface area (Å²) >= 11 is 1.77. The lowest BCUT2D eigenvalue weighted by Gasteiger charge is -2.26. The first-order valence-electron chi connectivity index (χ1n) is 7.78. The molecule has 116 valence electrons. The van der Waals surface area contributed by atoms with Crippen LogP contribution >= 0.6 is 11.8 Å². The van der Waals surface area contributed by atoms with Crippen LogP contribution in [0.15, 0.2) is 64.5 Å². The maximum absolute atomic E-state index is 9.45. The van der Waals surface area contributed by atoms with Crippen molar-refractivity contribution >= 4 is 22.6 Å². The van der Waals surface area contributed by atoms with Gasteiger partial charge in [0.2, 0.25) is 0 Å². The molecule has 2 aliphatic rings. The third-order valence-corrected chi connectivity index (χ3v) is 5.29. The normalized spacial score (nSPS) is 20.0. The number of hydrogen-bond donors (Lipinski definition) is 1. The third-order valence-electron chi connectivity index (χ3n) is 4.28. The van der Waals surface area contributed by atoms with Crippen molar-refractivity contribution in [1.82, 2.24) is 4.90 Å². The van der Waals surface area contributed by atoms with Crippen molar-refractivity contribution in [3.63, 3.8) is 0 Å². The number of benzene rings is 2. The maximum Gasteiger partial charge on any atom is 0.168 e. The molecule has 0 amide bonds. The molecule has 1 atom stereocenters. The SMILES string of the molecule is CC1=C(c2ccccc2)N2C(=NC[C@H]2Cc2ccc(O)cc2)S1. The van der Waals surface area contributed by atoms with Crippen molar-refractivity contribution in [2.45, 2.75) is 19.4 Å². The summed E-state index contributed by atoms with van der Waals surface area (Å²) in [4.78, 5) is 8.44. The van der Waals surface area contributed by atoms with Crippen LogP contribution in [0.4, 0.5) is 0 Å². The second-order valence-corrected chi connectivity index (χ2v) is 7.07. The summed E-state index contributed by atoms with van der Waals surface area (Å²) in [6.45, 7) is 3.00. The Morgan fingerprint density at radius 2 is 1.87 bits per heavy atom. The van der Waals surface area contributed by atoms with Crippen LogP contribution < -0.4 is 0 Å². The quantitative estimate of drug-likeness (QED) is 0.924. The molecule has 2 aromatic rings. The minimum Gasteiger partial charge on any atom is -0.508 e. The number of phenols is 1. The van der Waals surface area contributed by atoms with Gasteiger partial charge in [-0.3, -0.25) is 4.99 Å². The summed E-state index contributed by atoms with van der Waals surface area (Å²) in [5, 5.41) is 10.6. The summed E-state index contributed by atoms with van der Waals surface area (Å²) in [6, 6.07) is 18.4. The molecule has 2 aromatic carbocycles. The molecular weight excluding hydrogens is 304 g/mol. The molecule has 3 nitrogen and oxygen atoms in total. The van der Waals surface area contributed by atoms with E-state index in [-0.39, 0.29) is 0 Å². The van der Waals surface area contributed by atoms with Crippen molar-refractivity contribution in [2.24, 2.45) is 4.99 Å². The predicted molar refractivity (Wildman–Crippen MR) is 96.4 cm³/mol. The molecule has 2 aliphatic heterocycles. The number of amidine groups is 1. The average Bonchev–Trinajstić information content (AvgIpc) is 3.09. The first-order valence-corrected chi connectivity index (χ1v) is 8.60. The Hall–Kier alpha value is -2.20. The van der Waals surface area contributed by atoms with E-state index in [4.69, 9.17) is 4.99 Å². The van der Waals surface area contributed by atoms with Gasteiger partial charge in [0.15, 0.2) is 5.17 Å². The van der Waals surface area contributed by atoms with Gasteiger partial charge in [0, 0.05) is 4.91 Å². The van der Waals surface area contributed by atoms with Crippen LogP contribution in [-0.4, -0.2) is 27.8 Å². The molecule has 0 saturated heterocycles. The fourth-order valence-electron chi connectivity index (χ4n) is 3.21. The van der Waals surface area contributed by atoms with Crippen LogP contribution in [0.25, 0.3) is 5.70 Å². The average molecular weight is 322 g/mol. The number of aromatic hydroxyl groups is 1. The highest BCUT2D eigenvalue weighted by atomic mass is 32.2. The van der Waals surface area contributed by atoms with Crippen LogP contribution in [0.3, 0.4) is 0 Å². The van der Waals surface area contributed by atoms with Gasteiger partial charge in [-0.05, 0) is 36.6 Å². The highest BCUT2D eigenvalue weighted by molar-refractivity contribution is 8.17. The monoisotopic (exact) mass is 322 g/mol. The van der Waals surface area contributed by atoms with Gasteiger partial charge in [0.05, 0.1) is 18.3 Å². The topological polar surface area (TPSA) is 35.8 Å². The van der Waals surface area contributed by atoms with Crippen molar-refractivity contribution < 1.29 is 5.11 Å². The summed E-state index contributed by atoms with van der Waals surface area (Å²) < 4.78 is 0. The van der Waals surface area contributed by atoms with Gasteiger partial charge in [-0.15, -0.1) is 0 Å². The van der Waals surface area contributed by atoms with E-state index in [1.807, 2.05) is 18.2 Å². The van der Waals surface area contributed by atoms with E-state index in [2.05, 4.69) is 36.1 Å². The van der Waals surface area contributed by atoms with E-state index in [0.29, 0.717) is 11.8 Å². The van der Waals surface area contributed by atoms with E-state index in [9.17, 15) is 5.11 Å². The summed E-state index contributed by atoms with van der Waals surface area (Å²) in [5.74, 6) is 0.314. The number of rotatable bonds is 3.